The van der Waals surface area contributed by atoms with Crippen LogP contribution in [-0.2, 0) is 13.2 Å². The summed E-state index contributed by atoms with van der Waals surface area (Å²) in [5, 5.41) is 6.82. The summed E-state index contributed by atoms with van der Waals surface area (Å²) in [7, 11) is 1.83. The van der Waals surface area contributed by atoms with Crippen LogP contribution in [0.5, 0.6) is 5.75 Å². The van der Waals surface area contributed by atoms with E-state index in [1.165, 1.54) is 12.1 Å². The zero-order chi connectivity index (χ0) is 13.0. The lowest BCUT2D eigenvalue weighted by atomic mass is 10.3. The van der Waals surface area contributed by atoms with Gasteiger partial charge < -0.3 is 14.6 Å². The highest BCUT2D eigenvalue weighted by Gasteiger charge is 2.07. The predicted octanol–water partition coefficient (Wildman–Crippen LogP) is 2.87. The van der Waals surface area contributed by atoms with Crippen LogP contribution < -0.4 is 10.1 Å². The van der Waals surface area contributed by atoms with Crippen LogP contribution in [0.3, 0.4) is 0 Å². The van der Waals surface area contributed by atoms with Gasteiger partial charge in [-0.05, 0) is 35.1 Å². The Hall–Kier alpha value is -1.40. The first-order valence-corrected chi connectivity index (χ1v) is 6.15. The van der Waals surface area contributed by atoms with Gasteiger partial charge in [0.1, 0.15) is 18.2 Å². The summed E-state index contributed by atoms with van der Waals surface area (Å²) in [6.07, 6.45) is 0. The van der Waals surface area contributed by atoms with Crippen molar-refractivity contribution in [1.29, 1.82) is 0 Å². The van der Waals surface area contributed by atoms with Crippen molar-refractivity contribution >= 4 is 15.9 Å². The first kappa shape index (κ1) is 13.0. The highest BCUT2D eigenvalue weighted by atomic mass is 79.9. The Morgan fingerprint density at radius 3 is 3.06 bits per heavy atom. The van der Waals surface area contributed by atoms with E-state index in [9.17, 15) is 4.39 Å². The molecule has 0 radical (unpaired) electrons. The molecular weight excluding hydrogens is 303 g/mol. The van der Waals surface area contributed by atoms with Gasteiger partial charge >= 0.3 is 0 Å². The quantitative estimate of drug-likeness (QED) is 0.922. The van der Waals surface area contributed by atoms with Crippen LogP contribution in [0.2, 0.25) is 0 Å². The molecule has 0 aliphatic carbocycles. The summed E-state index contributed by atoms with van der Waals surface area (Å²) in [4.78, 5) is 0. The third-order valence-electron chi connectivity index (χ3n) is 2.23. The van der Waals surface area contributed by atoms with Gasteiger partial charge in [0.2, 0.25) is 0 Å². The number of nitrogens with one attached hydrogen (secondary N) is 1. The Morgan fingerprint density at radius 1 is 1.44 bits per heavy atom. The van der Waals surface area contributed by atoms with Crippen molar-refractivity contribution in [1.82, 2.24) is 10.5 Å². The van der Waals surface area contributed by atoms with E-state index in [1.54, 1.807) is 12.1 Å². The minimum absolute atomic E-state index is 0.207. The zero-order valence-electron chi connectivity index (χ0n) is 9.74. The van der Waals surface area contributed by atoms with Crippen molar-refractivity contribution < 1.29 is 13.7 Å². The van der Waals surface area contributed by atoms with Crippen LogP contribution in [0.1, 0.15) is 11.5 Å². The molecule has 1 aromatic heterocycles. The molecule has 4 nitrogen and oxygen atoms in total. The summed E-state index contributed by atoms with van der Waals surface area (Å²) >= 11 is 3.29. The summed E-state index contributed by atoms with van der Waals surface area (Å²) < 4.78 is 24.3. The number of rotatable bonds is 5. The van der Waals surface area contributed by atoms with E-state index in [0.29, 0.717) is 22.5 Å². The molecule has 0 bridgehead atoms. The number of aromatic nitrogens is 1. The van der Waals surface area contributed by atoms with Crippen molar-refractivity contribution in [3.8, 4) is 5.75 Å². The fourth-order valence-electron chi connectivity index (χ4n) is 1.42. The van der Waals surface area contributed by atoms with Crippen molar-refractivity contribution in [3.63, 3.8) is 0 Å². The van der Waals surface area contributed by atoms with Crippen molar-refractivity contribution in [2.24, 2.45) is 0 Å². The lowest BCUT2D eigenvalue weighted by Gasteiger charge is -2.05. The molecule has 1 aromatic carbocycles. The Morgan fingerprint density at radius 2 is 2.28 bits per heavy atom. The van der Waals surface area contributed by atoms with Gasteiger partial charge in [-0.15, -0.1) is 0 Å². The standard InChI is InChI=1S/C12H12BrFN2O2/c1-15-6-9-5-10(18-16-9)7-17-12-4-8(14)2-3-11(12)13/h2-5,15H,6-7H2,1H3. The SMILES string of the molecule is CNCc1cc(COc2cc(F)ccc2Br)on1. The van der Waals surface area contributed by atoms with Crippen LogP contribution >= 0.6 is 15.9 Å². The average molecular weight is 315 g/mol. The van der Waals surface area contributed by atoms with E-state index >= 15 is 0 Å². The third-order valence-corrected chi connectivity index (χ3v) is 2.88. The van der Waals surface area contributed by atoms with Crippen LogP contribution in [-0.4, -0.2) is 12.2 Å². The summed E-state index contributed by atoms with van der Waals surface area (Å²) in [6, 6.07) is 6.06. The Bertz CT molecular complexity index is 531. The van der Waals surface area contributed by atoms with E-state index < -0.39 is 0 Å². The summed E-state index contributed by atoms with van der Waals surface area (Å²) in [6.45, 7) is 0.839. The van der Waals surface area contributed by atoms with Gasteiger partial charge in [0, 0.05) is 18.7 Å². The second-order valence-electron chi connectivity index (χ2n) is 3.68. The molecule has 0 amide bonds. The molecule has 1 N–H and O–H groups in total. The average Bonchev–Trinajstić information content (AvgIpc) is 2.79. The van der Waals surface area contributed by atoms with Crippen LogP contribution in [0.25, 0.3) is 0 Å². The first-order valence-electron chi connectivity index (χ1n) is 5.36. The Labute approximate surface area is 112 Å². The smallest absolute Gasteiger partial charge is 0.174 e. The molecule has 96 valence electrons. The van der Waals surface area contributed by atoms with E-state index in [0.717, 1.165) is 5.69 Å². The largest absolute Gasteiger partial charge is 0.484 e. The molecule has 0 atom stereocenters. The van der Waals surface area contributed by atoms with Gasteiger partial charge in [-0.1, -0.05) is 5.16 Å². The molecule has 18 heavy (non-hydrogen) atoms. The normalized spacial score (nSPS) is 10.6. The maximum Gasteiger partial charge on any atom is 0.174 e. The van der Waals surface area contributed by atoms with Crippen molar-refractivity contribution in [2.75, 3.05) is 7.05 Å². The minimum Gasteiger partial charge on any atom is -0.484 e. The van der Waals surface area contributed by atoms with Gasteiger partial charge in [0.15, 0.2) is 5.76 Å². The predicted molar refractivity (Wildman–Crippen MR) is 67.7 cm³/mol. The number of benzene rings is 1. The highest BCUT2D eigenvalue weighted by molar-refractivity contribution is 9.10. The first-order chi connectivity index (χ1) is 8.69. The van der Waals surface area contributed by atoms with Gasteiger partial charge in [-0.2, -0.15) is 0 Å². The topological polar surface area (TPSA) is 47.3 Å². The molecule has 0 aliphatic rings. The minimum atomic E-state index is -0.346. The highest BCUT2D eigenvalue weighted by Crippen LogP contribution is 2.26. The maximum absolute atomic E-state index is 13.0. The molecule has 0 aliphatic heterocycles. The van der Waals surface area contributed by atoms with Crippen LogP contribution in [0.4, 0.5) is 4.39 Å². The lowest BCUT2D eigenvalue weighted by molar-refractivity contribution is 0.246. The number of hydrogen-bond acceptors (Lipinski definition) is 4. The van der Waals surface area contributed by atoms with Gasteiger partial charge in [0.25, 0.3) is 0 Å². The summed E-state index contributed by atoms with van der Waals surface area (Å²) in [5.74, 6) is 0.680. The van der Waals surface area contributed by atoms with Crippen LogP contribution in [0.15, 0.2) is 33.3 Å². The zero-order valence-corrected chi connectivity index (χ0v) is 11.3. The molecule has 1 heterocycles. The molecule has 0 unspecified atom stereocenters. The monoisotopic (exact) mass is 314 g/mol. The fourth-order valence-corrected chi connectivity index (χ4v) is 1.79. The number of ether oxygens (including phenoxy) is 1. The number of nitrogens with zero attached hydrogens (tertiary/aromatic N) is 1. The molecule has 0 saturated heterocycles. The van der Waals surface area contributed by atoms with Gasteiger partial charge in [-0.3, -0.25) is 0 Å². The van der Waals surface area contributed by atoms with Crippen molar-refractivity contribution in [3.05, 3.63) is 46.0 Å². The fraction of sp³-hybridized carbons (Fsp3) is 0.250. The molecule has 6 heteroatoms. The molecule has 2 rings (SSSR count). The molecule has 0 fully saturated rings. The van der Waals surface area contributed by atoms with Gasteiger partial charge in [-0.25, -0.2) is 4.39 Å². The van der Waals surface area contributed by atoms with E-state index in [2.05, 4.69) is 26.4 Å². The van der Waals surface area contributed by atoms with E-state index in [4.69, 9.17) is 9.26 Å². The Kier molecular flexibility index (Phi) is 4.33. The summed E-state index contributed by atoms with van der Waals surface area (Å²) in [5.41, 5.74) is 0.800. The number of hydrogen-bond donors (Lipinski definition) is 1. The van der Waals surface area contributed by atoms with Crippen molar-refractivity contribution in [2.45, 2.75) is 13.2 Å². The molecule has 0 spiro atoms. The molecular formula is C12H12BrFN2O2. The van der Waals surface area contributed by atoms with Gasteiger partial charge in [0.05, 0.1) is 10.2 Å². The Balaban J connectivity index is 1.99. The third kappa shape index (κ3) is 3.30. The van der Waals surface area contributed by atoms with Crippen LogP contribution in [0, 0.1) is 5.82 Å². The second kappa shape index (κ2) is 5.97. The van der Waals surface area contributed by atoms with E-state index in [1.807, 2.05) is 7.05 Å². The lowest BCUT2D eigenvalue weighted by Crippen LogP contribution is -2.04. The number of halogens is 2. The maximum atomic E-state index is 13.0. The second-order valence-corrected chi connectivity index (χ2v) is 4.53. The molecule has 0 saturated carbocycles. The van der Waals surface area contributed by atoms with E-state index in [-0.39, 0.29) is 12.4 Å². The molecule has 2 aromatic rings.